The molecular formula is C28H33FN8O. The monoisotopic (exact) mass is 516 g/mol. The molecule has 3 aromatic rings. The molecule has 9 nitrogen and oxygen atoms in total. The third-order valence-corrected chi connectivity index (χ3v) is 6.41. The van der Waals surface area contributed by atoms with Gasteiger partial charge in [-0.2, -0.15) is 4.98 Å². The lowest BCUT2D eigenvalue weighted by Crippen LogP contribution is -2.46. The van der Waals surface area contributed by atoms with Crippen molar-refractivity contribution in [1.29, 1.82) is 5.41 Å². The number of nitrogens with zero attached hydrogens (tertiary/aromatic N) is 4. The minimum Gasteiger partial charge on any atom is -0.394 e. The Balaban J connectivity index is 1.29. The summed E-state index contributed by atoms with van der Waals surface area (Å²) in [6, 6.07) is 15.4. The second-order valence-electron chi connectivity index (χ2n) is 9.19. The molecule has 0 saturated carbocycles. The van der Waals surface area contributed by atoms with Crippen molar-refractivity contribution in [3.63, 3.8) is 0 Å². The average Bonchev–Trinajstić information content (AvgIpc) is 2.93. The number of benzene rings is 2. The smallest absolute Gasteiger partial charge is 0.253 e. The molecule has 4 N–H and O–H groups in total. The molecule has 0 bridgehead atoms. The molecule has 38 heavy (non-hydrogen) atoms. The van der Waals surface area contributed by atoms with E-state index in [1.165, 1.54) is 12.1 Å². The molecule has 1 aliphatic rings. The zero-order valence-corrected chi connectivity index (χ0v) is 21.6. The summed E-state index contributed by atoms with van der Waals surface area (Å²) >= 11 is 0. The zero-order chi connectivity index (χ0) is 26.9. The highest BCUT2D eigenvalue weighted by Crippen LogP contribution is 2.21. The molecule has 1 aromatic heterocycles. The lowest BCUT2D eigenvalue weighted by atomic mass is 10.0. The number of carbonyl (C=O) groups excluding carboxylic acids is 1. The highest BCUT2D eigenvalue weighted by Gasteiger charge is 2.26. The molecule has 10 heteroatoms. The summed E-state index contributed by atoms with van der Waals surface area (Å²) in [5.41, 5.74) is 2.66. The van der Waals surface area contributed by atoms with E-state index in [4.69, 9.17) is 5.41 Å². The maximum Gasteiger partial charge on any atom is 0.253 e. The van der Waals surface area contributed by atoms with Crippen LogP contribution in [0.1, 0.15) is 23.2 Å². The van der Waals surface area contributed by atoms with E-state index < -0.39 is 0 Å². The number of piperidine rings is 1. The van der Waals surface area contributed by atoms with E-state index >= 15 is 0 Å². The molecule has 0 spiro atoms. The predicted octanol–water partition coefficient (Wildman–Crippen LogP) is 4.39. The molecule has 1 aliphatic heterocycles. The number of halogens is 1. The third-order valence-electron chi connectivity index (χ3n) is 6.41. The van der Waals surface area contributed by atoms with Gasteiger partial charge in [0.1, 0.15) is 11.6 Å². The van der Waals surface area contributed by atoms with Crippen LogP contribution in [-0.4, -0.2) is 71.2 Å². The zero-order valence-electron chi connectivity index (χ0n) is 21.6. The van der Waals surface area contributed by atoms with Crippen LogP contribution < -0.4 is 16.0 Å². The number of anilines is 4. The minimum atomic E-state index is -0.300. The van der Waals surface area contributed by atoms with Crippen LogP contribution in [0.25, 0.3) is 0 Å². The first-order valence-electron chi connectivity index (χ1n) is 12.5. The molecular weight excluding hydrogens is 483 g/mol. The first-order valence-corrected chi connectivity index (χ1v) is 12.5. The van der Waals surface area contributed by atoms with Gasteiger partial charge < -0.3 is 26.3 Å². The van der Waals surface area contributed by atoms with E-state index in [1.807, 2.05) is 31.1 Å². The van der Waals surface area contributed by atoms with Gasteiger partial charge in [0.2, 0.25) is 5.95 Å². The minimum absolute atomic E-state index is 0.0177. The molecule has 0 unspecified atom stereocenters. The molecule has 1 saturated heterocycles. The van der Waals surface area contributed by atoms with Crippen molar-refractivity contribution in [1.82, 2.24) is 25.1 Å². The van der Waals surface area contributed by atoms with Gasteiger partial charge in [0.15, 0.2) is 0 Å². The van der Waals surface area contributed by atoms with Gasteiger partial charge in [-0.05, 0) is 86.8 Å². The van der Waals surface area contributed by atoms with Gasteiger partial charge in [-0.1, -0.05) is 0 Å². The Morgan fingerprint density at radius 1 is 1.08 bits per heavy atom. The molecule has 2 heterocycles. The SMILES string of the molecule is CN/C=C\C(=N)CN(C)C1CCN(C(=O)c2ccc(Nc3nccc(Nc4ccc(F)cc4)n3)cc2)CC1. The Labute approximate surface area is 222 Å². The van der Waals surface area contributed by atoms with Gasteiger partial charge in [-0.25, -0.2) is 9.37 Å². The highest BCUT2D eigenvalue weighted by molar-refractivity contribution is 5.95. The number of hydrogen-bond acceptors (Lipinski definition) is 8. The van der Waals surface area contributed by atoms with Crippen molar-refractivity contribution >= 4 is 34.8 Å². The quantitative estimate of drug-likeness (QED) is 0.296. The molecule has 2 aromatic carbocycles. The Hall–Kier alpha value is -4.31. The van der Waals surface area contributed by atoms with Crippen molar-refractivity contribution in [2.45, 2.75) is 18.9 Å². The van der Waals surface area contributed by atoms with Gasteiger partial charge in [0.25, 0.3) is 5.91 Å². The summed E-state index contributed by atoms with van der Waals surface area (Å²) in [5, 5.41) is 17.2. The van der Waals surface area contributed by atoms with Crippen LogP contribution in [0, 0.1) is 11.2 Å². The van der Waals surface area contributed by atoms with E-state index in [1.54, 1.807) is 48.8 Å². The van der Waals surface area contributed by atoms with Crippen LogP contribution in [0.3, 0.4) is 0 Å². The highest BCUT2D eigenvalue weighted by atomic mass is 19.1. The number of nitrogens with one attached hydrogen (secondary N) is 4. The fourth-order valence-electron chi connectivity index (χ4n) is 4.32. The van der Waals surface area contributed by atoms with Crippen molar-refractivity contribution in [2.24, 2.45) is 0 Å². The van der Waals surface area contributed by atoms with Crippen molar-refractivity contribution < 1.29 is 9.18 Å². The lowest BCUT2D eigenvalue weighted by molar-refractivity contribution is 0.0657. The number of likely N-dealkylation sites (tertiary alicyclic amines) is 1. The van der Waals surface area contributed by atoms with E-state index in [2.05, 4.69) is 30.8 Å². The number of rotatable bonds is 10. The van der Waals surface area contributed by atoms with Crippen LogP contribution in [0.15, 0.2) is 73.1 Å². The maximum atomic E-state index is 13.1. The molecule has 0 radical (unpaired) electrons. The van der Waals surface area contributed by atoms with Crippen molar-refractivity contribution in [3.05, 3.63) is 84.5 Å². The van der Waals surface area contributed by atoms with Crippen LogP contribution in [0.4, 0.5) is 27.5 Å². The molecule has 198 valence electrons. The average molecular weight is 517 g/mol. The van der Waals surface area contributed by atoms with Crippen LogP contribution in [0.5, 0.6) is 0 Å². The molecule has 0 atom stereocenters. The summed E-state index contributed by atoms with van der Waals surface area (Å²) in [7, 11) is 3.85. The molecule has 1 fully saturated rings. The van der Waals surface area contributed by atoms with Gasteiger partial charge in [0.05, 0.1) is 0 Å². The normalized spacial score (nSPS) is 14.1. The van der Waals surface area contributed by atoms with Gasteiger partial charge >= 0.3 is 0 Å². The third kappa shape index (κ3) is 7.36. The first kappa shape index (κ1) is 26.7. The lowest BCUT2D eigenvalue weighted by Gasteiger charge is -2.36. The summed E-state index contributed by atoms with van der Waals surface area (Å²) in [6.07, 6.45) is 6.91. The first-order chi connectivity index (χ1) is 18.4. The molecule has 4 rings (SSSR count). The number of aromatic nitrogens is 2. The fraction of sp³-hybridized carbons (Fsp3) is 0.286. The molecule has 0 aliphatic carbocycles. The topological polar surface area (TPSA) is 109 Å². The van der Waals surface area contributed by atoms with Crippen LogP contribution in [0.2, 0.25) is 0 Å². The standard InChI is InChI=1S/C28H33FN8O/c1-31-15-11-22(30)19-36(2)25-13-17-37(18-14-25)27(38)20-3-7-24(8-4-20)34-28-32-16-12-26(35-28)33-23-9-5-21(29)6-10-23/h3-12,15-16,25,30-31H,13-14,17-19H2,1-2H3,(H2,32,33,34,35)/b15-11-,30-22?. The molecule has 1 amide bonds. The van der Waals surface area contributed by atoms with Crippen LogP contribution in [-0.2, 0) is 0 Å². The van der Waals surface area contributed by atoms with Gasteiger partial charge in [0, 0.05) is 61.6 Å². The van der Waals surface area contributed by atoms with E-state index in [9.17, 15) is 9.18 Å². The Morgan fingerprint density at radius 3 is 2.42 bits per heavy atom. The van der Waals surface area contributed by atoms with Crippen molar-refractivity contribution in [3.8, 4) is 0 Å². The maximum absolute atomic E-state index is 13.1. The number of carbonyl (C=O) groups is 1. The Morgan fingerprint density at radius 2 is 1.74 bits per heavy atom. The van der Waals surface area contributed by atoms with Gasteiger partial charge in [-0.3, -0.25) is 9.69 Å². The predicted molar refractivity (Wildman–Crippen MR) is 149 cm³/mol. The second-order valence-corrected chi connectivity index (χ2v) is 9.19. The van der Waals surface area contributed by atoms with E-state index in [-0.39, 0.29) is 11.7 Å². The second kappa shape index (κ2) is 12.8. The van der Waals surface area contributed by atoms with Crippen molar-refractivity contribution in [2.75, 3.05) is 44.4 Å². The summed E-state index contributed by atoms with van der Waals surface area (Å²) < 4.78 is 13.1. The van der Waals surface area contributed by atoms with E-state index in [0.29, 0.717) is 48.7 Å². The van der Waals surface area contributed by atoms with Gasteiger partial charge in [-0.15, -0.1) is 0 Å². The number of amides is 1. The fourth-order valence-corrected chi connectivity index (χ4v) is 4.32. The largest absolute Gasteiger partial charge is 0.394 e. The summed E-state index contributed by atoms with van der Waals surface area (Å²) in [6.45, 7) is 1.96. The summed E-state index contributed by atoms with van der Waals surface area (Å²) in [5.74, 6) is 0.688. The van der Waals surface area contributed by atoms with Crippen LogP contribution >= 0.6 is 0 Å². The number of hydrogen-bond donors (Lipinski definition) is 4. The summed E-state index contributed by atoms with van der Waals surface area (Å²) in [4.78, 5) is 25.9. The Kier molecular flexibility index (Phi) is 8.99. The Bertz CT molecular complexity index is 1250. The van der Waals surface area contributed by atoms with E-state index in [0.717, 1.165) is 24.2 Å².